The number of nitrogens with zero attached hydrogens (tertiary/aromatic N) is 3. The summed E-state index contributed by atoms with van der Waals surface area (Å²) in [7, 11) is 3.25. The summed E-state index contributed by atoms with van der Waals surface area (Å²) in [6.45, 7) is 1.67. The van der Waals surface area contributed by atoms with Crippen LogP contribution in [0.25, 0.3) is 0 Å². The molecule has 1 amide bonds. The SMILES string of the molecule is Cc1ccc(NC(=O)C(OC(=O)c2ccc(N(C)C)c([N+](=O)[O-])c2)c2ccccc2)c([N+](=O)[O-])c1. The number of carbonyl (C=O) groups excluding carboxylic acids is 2. The highest BCUT2D eigenvalue weighted by Gasteiger charge is 2.29. The van der Waals surface area contributed by atoms with Crippen LogP contribution < -0.4 is 10.2 Å². The molecule has 0 bridgehead atoms. The Morgan fingerprint density at radius 3 is 2.17 bits per heavy atom. The summed E-state index contributed by atoms with van der Waals surface area (Å²) in [6.07, 6.45) is -1.47. The monoisotopic (exact) mass is 478 g/mol. The van der Waals surface area contributed by atoms with Gasteiger partial charge in [-0.05, 0) is 30.7 Å². The first-order chi connectivity index (χ1) is 16.6. The molecule has 35 heavy (non-hydrogen) atoms. The average Bonchev–Trinajstić information content (AvgIpc) is 2.83. The second-order valence-electron chi connectivity index (χ2n) is 7.82. The molecule has 3 aromatic carbocycles. The minimum atomic E-state index is -1.47. The molecule has 0 radical (unpaired) electrons. The molecule has 3 rings (SSSR count). The largest absolute Gasteiger partial charge is 0.444 e. The molecule has 0 aliphatic heterocycles. The van der Waals surface area contributed by atoms with Crippen molar-refractivity contribution in [1.29, 1.82) is 0 Å². The molecule has 0 aromatic heterocycles. The van der Waals surface area contributed by atoms with Crippen molar-refractivity contribution in [1.82, 2.24) is 0 Å². The summed E-state index contributed by atoms with van der Waals surface area (Å²) in [4.78, 5) is 49.2. The maximum absolute atomic E-state index is 13.1. The van der Waals surface area contributed by atoms with Crippen LogP contribution in [0.15, 0.2) is 66.7 Å². The smallest absolute Gasteiger partial charge is 0.339 e. The predicted molar refractivity (Wildman–Crippen MR) is 128 cm³/mol. The maximum Gasteiger partial charge on any atom is 0.339 e. The number of anilines is 2. The number of amides is 1. The van der Waals surface area contributed by atoms with Gasteiger partial charge in [0, 0.05) is 31.8 Å². The topological polar surface area (TPSA) is 145 Å². The second-order valence-corrected chi connectivity index (χ2v) is 7.82. The number of carbonyl (C=O) groups is 2. The van der Waals surface area contributed by atoms with Gasteiger partial charge in [0.15, 0.2) is 0 Å². The van der Waals surface area contributed by atoms with Crippen molar-refractivity contribution in [3.8, 4) is 0 Å². The third-order valence-corrected chi connectivity index (χ3v) is 5.06. The predicted octanol–water partition coefficient (Wildman–Crippen LogP) is 4.41. The molecule has 3 aromatic rings. The van der Waals surface area contributed by atoms with E-state index < -0.39 is 27.8 Å². The lowest BCUT2D eigenvalue weighted by molar-refractivity contribution is -0.384. The molecular formula is C24H22N4O7. The minimum absolute atomic E-state index is 0.0615. The lowest BCUT2D eigenvalue weighted by atomic mass is 10.1. The Balaban J connectivity index is 1.94. The van der Waals surface area contributed by atoms with Crippen molar-refractivity contribution in [2.24, 2.45) is 0 Å². The first-order valence-corrected chi connectivity index (χ1v) is 10.4. The molecule has 1 unspecified atom stereocenters. The van der Waals surface area contributed by atoms with Crippen molar-refractivity contribution in [3.05, 3.63) is 104 Å². The Bertz CT molecular complexity index is 1290. The van der Waals surface area contributed by atoms with Crippen molar-refractivity contribution >= 4 is 34.6 Å². The maximum atomic E-state index is 13.1. The van der Waals surface area contributed by atoms with E-state index in [9.17, 15) is 29.8 Å². The van der Waals surface area contributed by atoms with Gasteiger partial charge >= 0.3 is 5.97 Å². The Morgan fingerprint density at radius 1 is 0.914 bits per heavy atom. The average molecular weight is 478 g/mol. The lowest BCUT2D eigenvalue weighted by Gasteiger charge is -2.19. The zero-order valence-electron chi connectivity index (χ0n) is 19.1. The molecule has 0 spiro atoms. The van der Waals surface area contributed by atoms with Crippen LogP contribution in [0.1, 0.15) is 27.6 Å². The fourth-order valence-corrected chi connectivity index (χ4v) is 3.35. The standard InChI is InChI=1S/C24H22N4O7/c1-15-9-11-18(20(13-15)27(31)32)25-23(29)22(16-7-5-4-6-8-16)35-24(30)17-10-12-19(26(2)3)21(14-17)28(33)34/h4-14,22H,1-3H3,(H,25,29). The van der Waals surface area contributed by atoms with E-state index >= 15 is 0 Å². The van der Waals surface area contributed by atoms with E-state index in [1.807, 2.05) is 0 Å². The normalized spacial score (nSPS) is 11.3. The Hall–Kier alpha value is -4.80. The third kappa shape index (κ3) is 5.77. The van der Waals surface area contributed by atoms with E-state index in [1.54, 1.807) is 57.4 Å². The number of hydrogen-bond acceptors (Lipinski definition) is 8. The van der Waals surface area contributed by atoms with Crippen LogP contribution in [0, 0.1) is 27.2 Å². The van der Waals surface area contributed by atoms with Crippen molar-refractivity contribution in [2.75, 3.05) is 24.3 Å². The van der Waals surface area contributed by atoms with Gasteiger partial charge in [0.05, 0.1) is 15.4 Å². The fourth-order valence-electron chi connectivity index (χ4n) is 3.35. The molecule has 0 heterocycles. The van der Waals surface area contributed by atoms with E-state index in [2.05, 4.69) is 5.32 Å². The van der Waals surface area contributed by atoms with E-state index in [4.69, 9.17) is 4.74 Å². The Kier molecular flexibility index (Phi) is 7.40. The van der Waals surface area contributed by atoms with Gasteiger partial charge < -0.3 is 15.0 Å². The Labute approximate surface area is 200 Å². The third-order valence-electron chi connectivity index (χ3n) is 5.06. The zero-order valence-corrected chi connectivity index (χ0v) is 19.1. The zero-order chi connectivity index (χ0) is 25.7. The van der Waals surface area contributed by atoms with Crippen molar-refractivity contribution < 1.29 is 24.2 Å². The fraction of sp³-hybridized carbons (Fsp3) is 0.167. The molecule has 0 fully saturated rings. The van der Waals surface area contributed by atoms with Crippen LogP contribution in [0.2, 0.25) is 0 Å². The molecule has 11 nitrogen and oxygen atoms in total. The highest BCUT2D eigenvalue weighted by molar-refractivity contribution is 5.99. The summed E-state index contributed by atoms with van der Waals surface area (Å²) in [6, 6.07) is 16.2. The van der Waals surface area contributed by atoms with Crippen LogP contribution in [-0.4, -0.2) is 35.8 Å². The first-order valence-electron chi connectivity index (χ1n) is 10.4. The first kappa shape index (κ1) is 24.8. The van der Waals surface area contributed by atoms with E-state index in [-0.39, 0.29) is 28.3 Å². The quantitative estimate of drug-likeness (QED) is 0.285. The van der Waals surface area contributed by atoms with Crippen LogP contribution in [0.3, 0.4) is 0 Å². The molecule has 1 atom stereocenters. The summed E-state index contributed by atoms with van der Waals surface area (Å²) in [5, 5.41) is 25.4. The van der Waals surface area contributed by atoms with Gasteiger partial charge in [-0.2, -0.15) is 0 Å². The van der Waals surface area contributed by atoms with Gasteiger partial charge in [0.2, 0.25) is 6.10 Å². The molecule has 11 heteroatoms. The number of rotatable bonds is 8. The highest BCUT2D eigenvalue weighted by atomic mass is 16.6. The molecular weight excluding hydrogens is 456 g/mol. The number of nitro benzene ring substituents is 2. The van der Waals surface area contributed by atoms with Gasteiger partial charge in [-0.15, -0.1) is 0 Å². The molecule has 0 aliphatic carbocycles. The highest BCUT2D eigenvalue weighted by Crippen LogP contribution is 2.30. The van der Waals surface area contributed by atoms with Gasteiger partial charge in [0.1, 0.15) is 11.4 Å². The molecule has 0 saturated heterocycles. The number of benzene rings is 3. The Morgan fingerprint density at radius 2 is 1.57 bits per heavy atom. The van der Waals surface area contributed by atoms with E-state index in [1.165, 1.54) is 29.2 Å². The number of ether oxygens (including phenoxy) is 1. The van der Waals surface area contributed by atoms with Crippen LogP contribution >= 0.6 is 0 Å². The number of nitro groups is 2. The minimum Gasteiger partial charge on any atom is -0.444 e. The summed E-state index contributed by atoms with van der Waals surface area (Å²) in [5.41, 5.74) is 0.421. The van der Waals surface area contributed by atoms with Crippen molar-refractivity contribution in [2.45, 2.75) is 13.0 Å². The number of esters is 1. The second kappa shape index (κ2) is 10.4. The number of aryl methyl sites for hydroxylation is 1. The summed E-state index contributed by atoms with van der Waals surface area (Å²) >= 11 is 0. The van der Waals surface area contributed by atoms with Crippen LogP contribution in [-0.2, 0) is 9.53 Å². The van der Waals surface area contributed by atoms with Gasteiger partial charge in [-0.1, -0.05) is 36.4 Å². The van der Waals surface area contributed by atoms with Gasteiger partial charge in [-0.3, -0.25) is 25.0 Å². The van der Waals surface area contributed by atoms with Gasteiger partial charge in [-0.25, -0.2) is 4.79 Å². The summed E-state index contributed by atoms with van der Waals surface area (Å²) in [5.74, 6) is -1.79. The molecule has 0 saturated carbocycles. The molecule has 0 aliphatic rings. The van der Waals surface area contributed by atoms with E-state index in [0.717, 1.165) is 6.07 Å². The number of hydrogen-bond donors (Lipinski definition) is 1. The molecule has 1 N–H and O–H groups in total. The summed E-state index contributed by atoms with van der Waals surface area (Å²) < 4.78 is 5.46. The van der Waals surface area contributed by atoms with Crippen molar-refractivity contribution in [3.63, 3.8) is 0 Å². The number of nitrogens with one attached hydrogen (secondary N) is 1. The van der Waals surface area contributed by atoms with E-state index in [0.29, 0.717) is 11.1 Å². The van der Waals surface area contributed by atoms with Gasteiger partial charge in [0.25, 0.3) is 17.3 Å². The van der Waals surface area contributed by atoms with Crippen LogP contribution in [0.4, 0.5) is 22.7 Å². The molecule has 180 valence electrons. The van der Waals surface area contributed by atoms with Crippen LogP contribution in [0.5, 0.6) is 0 Å². The lowest BCUT2D eigenvalue weighted by Crippen LogP contribution is -2.26.